The van der Waals surface area contributed by atoms with Crippen molar-refractivity contribution < 1.29 is 18.9 Å². The van der Waals surface area contributed by atoms with Crippen molar-refractivity contribution >= 4 is 0 Å². The fourth-order valence-corrected chi connectivity index (χ4v) is 3.97. The molecule has 0 N–H and O–H groups in total. The quantitative estimate of drug-likeness (QED) is 0.523. The van der Waals surface area contributed by atoms with E-state index in [4.69, 9.17) is 0 Å². The Balaban J connectivity index is 0.00000108. The van der Waals surface area contributed by atoms with E-state index in [1.807, 2.05) is 0 Å². The summed E-state index contributed by atoms with van der Waals surface area (Å²) in [6, 6.07) is 11.3. The zero-order chi connectivity index (χ0) is 10.8. The molecule has 86 valence electrons. The topological polar surface area (TPSA) is 0 Å². The van der Waals surface area contributed by atoms with Gasteiger partial charge in [0, 0.05) is 0 Å². The Morgan fingerprint density at radius 2 is 1.76 bits per heavy atom. The van der Waals surface area contributed by atoms with Gasteiger partial charge in [-0.25, -0.2) is 0 Å². The van der Waals surface area contributed by atoms with E-state index in [1.165, 1.54) is 44.9 Å². The van der Waals surface area contributed by atoms with Gasteiger partial charge in [-0.3, -0.25) is 0 Å². The van der Waals surface area contributed by atoms with Crippen LogP contribution in [0, 0.1) is 12.3 Å². The van der Waals surface area contributed by atoms with Gasteiger partial charge in [0.1, 0.15) is 0 Å². The van der Waals surface area contributed by atoms with Crippen LogP contribution in [0.1, 0.15) is 50.5 Å². The first-order valence-electron chi connectivity index (χ1n) is 6.79. The van der Waals surface area contributed by atoms with E-state index in [0.717, 1.165) is 5.92 Å². The van der Waals surface area contributed by atoms with Gasteiger partial charge < -0.3 is 6.42 Å². The van der Waals surface area contributed by atoms with Gasteiger partial charge in [-0.2, -0.15) is 12.8 Å². The third-order valence-corrected chi connectivity index (χ3v) is 4.80. The summed E-state index contributed by atoms with van der Waals surface area (Å²) in [5.74, 6) is 0.928. The molecule has 0 spiro atoms. The molecular weight excluding hydrogens is 199 g/mol. The molecule has 0 aliphatic heterocycles. The Kier molecular flexibility index (Phi) is 4.40. The molecule has 1 aromatic rings. The first kappa shape index (κ1) is 13.3. The Labute approximate surface area is 117 Å². The molecule has 17 heavy (non-hydrogen) atoms. The van der Waals surface area contributed by atoms with E-state index in [0.29, 0.717) is 5.41 Å². The molecule has 2 aliphatic carbocycles. The van der Waals surface area contributed by atoms with Gasteiger partial charge in [0.05, 0.1) is 0 Å². The second-order valence-corrected chi connectivity index (χ2v) is 5.53. The van der Waals surface area contributed by atoms with Crippen LogP contribution in [0.5, 0.6) is 0 Å². The molecule has 0 saturated heterocycles. The fraction of sp³-hybridized carbons (Fsp3) is 0.562. The van der Waals surface area contributed by atoms with Crippen LogP contribution in [0.15, 0.2) is 30.3 Å². The summed E-state index contributed by atoms with van der Waals surface area (Å²) in [5.41, 5.74) is 2.15. The van der Waals surface area contributed by atoms with Crippen molar-refractivity contribution in [3.8, 4) is 0 Å². The van der Waals surface area contributed by atoms with Gasteiger partial charge >= 0.3 is 18.9 Å². The molecule has 2 aliphatic rings. The van der Waals surface area contributed by atoms with Crippen molar-refractivity contribution in [2.24, 2.45) is 5.92 Å². The van der Waals surface area contributed by atoms with Crippen LogP contribution in [-0.2, 0) is 5.41 Å². The van der Waals surface area contributed by atoms with Gasteiger partial charge in [0.15, 0.2) is 0 Å². The minimum absolute atomic E-state index is 0. The van der Waals surface area contributed by atoms with Gasteiger partial charge in [-0.15, -0.1) is 0 Å². The van der Waals surface area contributed by atoms with Crippen molar-refractivity contribution in [1.82, 2.24) is 0 Å². The molecule has 0 aromatic heterocycles. The van der Waals surface area contributed by atoms with Crippen LogP contribution in [-0.4, -0.2) is 0 Å². The Morgan fingerprint density at radius 3 is 2.35 bits per heavy atom. The van der Waals surface area contributed by atoms with Crippen LogP contribution in [0.4, 0.5) is 0 Å². The van der Waals surface area contributed by atoms with Gasteiger partial charge in [0.2, 0.25) is 0 Å². The number of hydrogen-bond acceptors (Lipinski definition) is 0. The summed E-state index contributed by atoms with van der Waals surface area (Å²) < 4.78 is 0. The fourth-order valence-electron chi connectivity index (χ4n) is 3.97. The molecule has 0 bridgehead atoms. The summed E-state index contributed by atoms with van der Waals surface area (Å²) in [6.07, 6.45) is 12.4. The standard InChI is InChI=1S/C16H21.Li/c1-2-8-14(9-3-1)16(12-6-7-13-16)15-10-4-5-11-15;/h1-4,8-9,15H,5-7,10-13H2;/q-1;+1. The number of hydrogen-bond donors (Lipinski definition) is 0. The summed E-state index contributed by atoms with van der Waals surface area (Å²) in [4.78, 5) is 0. The number of benzene rings is 1. The zero-order valence-electron chi connectivity index (χ0n) is 11.0. The van der Waals surface area contributed by atoms with E-state index in [2.05, 4.69) is 36.8 Å². The van der Waals surface area contributed by atoms with Crippen LogP contribution >= 0.6 is 0 Å². The predicted molar refractivity (Wildman–Crippen MR) is 68.2 cm³/mol. The molecule has 1 atom stereocenters. The molecule has 0 amide bonds. The minimum Gasteiger partial charge on any atom is -0.328 e. The molecule has 2 fully saturated rings. The zero-order valence-corrected chi connectivity index (χ0v) is 11.0. The van der Waals surface area contributed by atoms with Crippen LogP contribution in [0.2, 0.25) is 0 Å². The molecule has 1 heteroatoms. The van der Waals surface area contributed by atoms with E-state index in [-0.39, 0.29) is 18.9 Å². The van der Waals surface area contributed by atoms with Crippen molar-refractivity contribution in [3.63, 3.8) is 0 Å². The normalized spacial score (nSPS) is 26.7. The molecule has 3 rings (SSSR count). The second kappa shape index (κ2) is 5.64. The second-order valence-electron chi connectivity index (χ2n) is 5.53. The third-order valence-electron chi connectivity index (χ3n) is 4.80. The molecule has 2 saturated carbocycles. The first-order valence-corrected chi connectivity index (χ1v) is 6.79. The largest absolute Gasteiger partial charge is 1.00 e. The maximum Gasteiger partial charge on any atom is 1.00 e. The van der Waals surface area contributed by atoms with Crippen molar-refractivity contribution in [2.75, 3.05) is 0 Å². The summed E-state index contributed by atoms with van der Waals surface area (Å²) in [5, 5.41) is 0. The Hall–Kier alpha value is -0.183. The van der Waals surface area contributed by atoms with Gasteiger partial charge in [-0.1, -0.05) is 55.5 Å². The SMILES string of the molecule is [Li+].c1ccc(C2(C3C[CH-]CC3)CCCC2)cc1. The van der Waals surface area contributed by atoms with Crippen LogP contribution in [0.25, 0.3) is 0 Å². The van der Waals surface area contributed by atoms with E-state index in [9.17, 15) is 0 Å². The molecule has 1 aromatic carbocycles. The van der Waals surface area contributed by atoms with Crippen LogP contribution < -0.4 is 18.9 Å². The van der Waals surface area contributed by atoms with Crippen molar-refractivity contribution in [1.29, 1.82) is 0 Å². The monoisotopic (exact) mass is 220 g/mol. The summed E-state index contributed by atoms with van der Waals surface area (Å²) in [6.45, 7) is 0. The predicted octanol–water partition coefficient (Wildman–Crippen LogP) is 1.51. The molecule has 1 unspecified atom stereocenters. The van der Waals surface area contributed by atoms with Crippen molar-refractivity contribution in [3.05, 3.63) is 42.3 Å². The smallest absolute Gasteiger partial charge is 0.328 e. The maximum atomic E-state index is 2.51. The summed E-state index contributed by atoms with van der Waals surface area (Å²) >= 11 is 0. The molecule has 0 nitrogen and oxygen atoms in total. The maximum absolute atomic E-state index is 2.51. The first-order chi connectivity index (χ1) is 7.92. The number of rotatable bonds is 2. The molecule has 0 heterocycles. The summed E-state index contributed by atoms with van der Waals surface area (Å²) in [7, 11) is 0. The minimum atomic E-state index is 0. The van der Waals surface area contributed by atoms with Crippen LogP contribution in [0.3, 0.4) is 0 Å². The van der Waals surface area contributed by atoms with E-state index < -0.39 is 0 Å². The average molecular weight is 220 g/mol. The Morgan fingerprint density at radius 1 is 1.06 bits per heavy atom. The van der Waals surface area contributed by atoms with Gasteiger partial charge in [0.25, 0.3) is 0 Å². The molecular formula is C16H21Li. The Bertz CT molecular complexity index is 332. The van der Waals surface area contributed by atoms with E-state index in [1.54, 1.807) is 5.56 Å². The van der Waals surface area contributed by atoms with E-state index >= 15 is 0 Å². The average Bonchev–Trinajstić information content (AvgIpc) is 3.02. The third kappa shape index (κ3) is 2.35. The van der Waals surface area contributed by atoms with Crippen molar-refractivity contribution in [2.45, 2.75) is 50.4 Å². The van der Waals surface area contributed by atoms with Gasteiger partial charge in [-0.05, 0) is 23.8 Å². The molecule has 0 radical (unpaired) electrons.